The second-order valence-electron chi connectivity index (χ2n) is 2.38. The number of esters is 1. The molecule has 0 unspecified atom stereocenters. The Morgan fingerprint density at radius 3 is 2.46 bits per heavy atom. The molecule has 0 rings (SSSR count). The Bertz CT molecular complexity index is 153. The van der Waals surface area contributed by atoms with Crippen LogP contribution < -0.4 is 0 Å². The fourth-order valence-electron chi connectivity index (χ4n) is 0.858. The van der Waals surface area contributed by atoms with Crippen LogP contribution in [-0.4, -0.2) is 33.0 Å². The number of methoxy groups -OCH3 is 2. The summed E-state index contributed by atoms with van der Waals surface area (Å²) < 4.78 is 13.9. The van der Waals surface area contributed by atoms with E-state index in [9.17, 15) is 9.59 Å². The summed E-state index contributed by atoms with van der Waals surface area (Å²) in [7, 11) is 3.05. The topological polar surface area (TPSA) is 61.8 Å². The van der Waals surface area contributed by atoms with Gasteiger partial charge in [0.15, 0.2) is 6.29 Å². The highest BCUT2D eigenvalue weighted by Gasteiger charge is 2.07. The molecule has 0 spiro atoms. The van der Waals surface area contributed by atoms with Gasteiger partial charge in [0.05, 0.1) is 0 Å². The minimum absolute atomic E-state index is 0.131. The van der Waals surface area contributed by atoms with E-state index < -0.39 is 5.97 Å². The van der Waals surface area contributed by atoms with Gasteiger partial charge in [-0.2, -0.15) is 0 Å². The highest BCUT2D eigenvalue weighted by molar-refractivity contribution is 5.76. The van der Waals surface area contributed by atoms with Crippen molar-refractivity contribution in [3.05, 3.63) is 0 Å². The second kappa shape index (κ2) is 7.70. The Hall–Kier alpha value is -0.940. The molecule has 0 saturated heterocycles. The molecule has 0 aliphatic carbocycles. The van der Waals surface area contributed by atoms with Crippen molar-refractivity contribution < 1.29 is 23.8 Å². The first-order valence-electron chi connectivity index (χ1n) is 3.93. The van der Waals surface area contributed by atoms with Gasteiger partial charge in [0.2, 0.25) is 0 Å². The first-order chi connectivity index (χ1) is 6.24. The average Bonchev–Trinajstić information content (AvgIpc) is 2.13. The van der Waals surface area contributed by atoms with E-state index >= 15 is 0 Å². The van der Waals surface area contributed by atoms with Crippen molar-refractivity contribution in [3.8, 4) is 0 Å². The van der Waals surface area contributed by atoms with E-state index in [4.69, 9.17) is 9.47 Å². The molecule has 0 aromatic carbocycles. The van der Waals surface area contributed by atoms with Crippen molar-refractivity contribution >= 4 is 12.4 Å². The van der Waals surface area contributed by atoms with E-state index in [1.165, 1.54) is 14.2 Å². The SMILES string of the molecule is COC(CCCC(=O)OC=O)OC. The molecule has 0 fully saturated rings. The van der Waals surface area contributed by atoms with Crippen LogP contribution in [0.25, 0.3) is 0 Å². The largest absolute Gasteiger partial charge is 0.395 e. The molecule has 0 radical (unpaired) electrons. The minimum atomic E-state index is -0.527. The lowest BCUT2D eigenvalue weighted by Crippen LogP contribution is -2.13. The maximum Gasteiger partial charge on any atom is 0.313 e. The summed E-state index contributed by atoms with van der Waals surface area (Å²) in [5, 5.41) is 0. The van der Waals surface area contributed by atoms with Gasteiger partial charge >= 0.3 is 12.4 Å². The third kappa shape index (κ3) is 6.24. The van der Waals surface area contributed by atoms with Crippen molar-refractivity contribution in [2.45, 2.75) is 25.6 Å². The molecule has 0 aromatic heterocycles. The summed E-state index contributed by atoms with van der Waals surface area (Å²) >= 11 is 0. The van der Waals surface area contributed by atoms with Gasteiger partial charge < -0.3 is 14.2 Å². The van der Waals surface area contributed by atoms with Crippen LogP contribution in [-0.2, 0) is 23.8 Å². The molecule has 0 N–H and O–H groups in total. The number of hydrogen-bond donors (Lipinski definition) is 0. The average molecular weight is 190 g/mol. The van der Waals surface area contributed by atoms with Crippen LogP contribution in [0.15, 0.2) is 0 Å². The van der Waals surface area contributed by atoms with Crippen LogP contribution >= 0.6 is 0 Å². The minimum Gasteiger partial charge on any atom is -0.395 e. The summed E-state index contributed by atoms with van der Waals surface area (Å²) in [5.41, 5.74) is 0. The molecule has 76 valence electrons. The predicted molar refractivity (Wildman–Crippen MR) is 43.8 cm³/mol. The van der Waals surface area contributed by atoms with E-state index in [2.05, 4.69) is 4.74 Å². The molecule has 0 heterocycles. The van der Waals surface area contributed by atoms with Crippen molar-refractivity contribution in [2.75, 3.05) is 14.2 Å². The van der Waals surface area contributed by atoms with E-state index in [0.29, 0.717) is 12.8 Å². The molecular weight excluding hydrogens is 176 g/mol. The van der Waals surface area contributed by atoms with Gasteiger partial charge in [-0.25, -0.2) is 0 Å². The number of rotatable bonds is 7. The quantitative estimate of drug-likeness (QED) is 0.253. The lowest BCUT2D eigenvalue weighted by atomic mass is 10.2. The van der Waals surface area contributed by atoms with Crippen molar-refractivity contribution in [2.24, 2.45) is 0 Å². The van der Waals surface area contributed by atoms with E-state index in [-0.39, 0.29) is 19.2 Å². The predicted octanol–water partition coefficient (Wildman–Crippen LogP) is 0.475. The van der Waals surface area contributed by atoms with Crippen LogP contribution in [0, 0.1) is 0 Å². The zero-order valence-electron chi connectivity index (χ0n) is 7.82. The number of carbonyl (C=O) groups is 2. The fraction of sp³-hybridized carbons (Fsp3) is 0.750. The molecule has 0 bridgehead atoms. The van der Waals surface area contributed by atoms with Gasteiger partial charge in [-0.05, 0) is 12.8 Å². The smallest absolute Gasteiger partial charge is 0.313 e. The summed E-state index contributed by atoms with van der Waals surface area (Å²) in [6.45, 7) is 0.131. The van der Waals surface area contributed by atoms with E-state index in [0.717, 1.165) is 0 Å². The van der Waals surface area contributed by atoms with Crippen molar-refractivity contribution in [1.29, 1.82) is 0 Å². The Balaban J connectivity index is 3.42. The Kier molecular flexibility index (Phi) is 7.14. The maximum absolute atomic E-state index is 10.7. The van der Waals surface area contributed by atoms with Crippen LogP contribution in [0.1, 0.15) is 19.3 Å². The van der Waals surface area contributed by atoms with E-state index in [1.807, 2.05) is 0 Å². The van der Waals surface area contributed by atoms with Crippen LogP contribution in [0.3, 0.4) is 0 Å². The molecule has 5 heteroatoms. The number of ether oxygens (including phenoxy) is 3. The summed E-state index contributed by atoms with van der Waals surface area (Å²) in [6.07, 6.45) is 1.06. The molecule has 0 aliphatic rings. The van der Waals surface area contributed by atoms with Crippen LogP contribution in [0.4, 0.5) is 0 Å². The first-order valence-corrected chi connectivity index (χ1v) is 3.93. The van der Waals surface area contributed by atoms with Gasteiger partial charge in [0, 0.05) is 20.6 Å². The Labute approximate surface area is 77.0 Å². The third-order valence-electron chi connectivity index (χ3n) is 1.53. The normalized spacial score (nSPS) is 10.1. The summed E-state index contributed by atoms with van der Waals surface area (Å²) in [6, 6.07) is 0. The fourth-order valence-corrected chi connectivity index (χ4v) is 0.858. The molecule has 0 saturated carbocycles. The van der Waals surface area contributed by atoms with Gasteiger partial charge in [0.25, 0.3) is 0 Å². The standard InChI is InChI=1S/C8H14O5/c1-11-8(12-2)5-3-4-7(10)13-6-9/h6,8H,3-5H2,1-2H3. The number of carbonyl (C=O) groups excluding carboxylic acids is 2. The lowest BCUT2D eigenvalue weighted by molar-refractivity contribution is -0.151. The third-order valence-corrected chi connectivity index (χ3v) is 1.53. The van der Waals surface area contributed by atoms with Gasteiger partial charge in [-0.15, -0.1) is 0 Å². The zero-order chi connectivity index (χ0) is 10.1. The molecule has 13 heavy (non-hydrogen) atoms. The van der Waals surface area contributed by atoms with Crippen LogP contribution in [0.2, 0.25) is 0 Å². The van der Waals surface area contributed by atoms with E-state index in [1.54, 1.807) is 0 Å². The lowest BCUT2D eigenvalue weighted by Gasteiger charge is -2.11. The maximum atomic E-state index is 10.7. The Morgan fingerprint density at radius 1 is 1.38 bits per heavy atom. The molecule has 0 amide bonds. The van der Waals surface area contributed by atoms with Gasteiger partial charge in [-0.3, -0.25) is 9.59 Å². The molecule has 5 nitrogen and oxygen atoms in total. The molecular formula is C8H14O5. The van der Waals surface area contributed by atoms with Gasteiger partial charge in [0.1, 0.15) is 0 Å². The monoisotopic (exact) mass is 190 g/mol. The van der Waals surface area contributed by atoms with Crippen molar-refractivity contribution in [3.63, 3.8) is 0 Å². The summed E-state index contributed by atoms with van der Waals surface area (Å²) in [5.74, 6) is -0.527. The highest BCUT2D eigenvalue weighted by Crippen LogP contribution is 2.04. The van der Waals surface area contributed by atoms with Crippen molar-refractivity contribution in [1.82, 2.24) is 0 Å². The van der Waals surface area contributed by atoms with Crippen LogP contribution in [0.5, 0.6) is 0 Å². The summed E-state index contributed by atoms with van der Waals surface area (Å²) in [4.78, 5) is 20.4. The Morgan fingerprint density at radius 2 is 2.00 bits per heavy atom. The second-order valence-corrected chi connectivity index (χ2v) is 2.38. The number of hydrogen-bond acceptors (Lipinski definition) is 5. The molecule has 0 atom stereocenters. The van der Waals surface area contributed by atoms with Gasteiger partial charge in [-0.1, -0.05) is 0 Å². The molecule has 0 aliphatic heterocycles. The highest BCUT2D eigenvalue weighted by atomic mass is 16.7. The molecule has 0 aromatic rings. The first kappa shape index (κ1) is 12.1. The zero-order valence-corrected chi connectivity index (χ0v) is 7.82.